The van der Waals surface area contributed by atoms with Crippen LogP contribution in [-0.2, 0) is 6.42 Å². The summed E-state index contributed by atoms with van der Waals surface area (Å²) in [5.74, 6) is 2.89. The normalized spacial score (nSPS) is 19.0. The van der Waals surface area contributed by atoms with Crippen molar-refractivity contribution in [3.63, 3.8) is 0 Å². The van der Waals surface area contributed by atoms with E-state index in [1.165, 1.54) is 0 Å². The van der Waals surface area contributed by atoms with Gasteiger partial charge in [-0.15, -0.1) is 11.3 Å². The zero-order valence-corrected chi connectivity index (χ0v) is 13.2. The zero-order chi connectivity index (χ0) is 14.9. The third-order valence-electron chi connectivity index (χ3n) is 4.10. The highest BCUT2D eigenvalue weighted by atomic mass is 32.1. The average Bonchev–Trinajstić information content (AvgIpc) is 3.23. The molecular formula is C15H17N5OS. The molecule has 0 radical (unpaired) electrons. The molecule has 0 aromatic carbocycles. The monoisotopic (exact) mass is 315 g/mol. The molecule has 0 unspecified atom stereocenters. The van der Waals surface area contributed by atoms with Crippen LogP contribution in [0.5, 0.6) is 0 Å². The Morgan fingerprint density at radius 1 is 1.41 bits per heavy atom. The molecule has 0 amide bonds. The Bertz CT molecular complexity index is 783. The highest BCUT2D eigenvalue weighted by molar-refractivity contribution is 7.17. The van der Waals surface area contributed by atoms with Gasteiger partial charge in [0.2, 0.25) is 5.89 Å². The van der Waals surface area contributed by atoms with E-state index in [4.69, 9.17) is 4.52 Å². The number of rotatable bonds is 3. The lowest BCUT2D eigenvalue weighted by atomic mass is 9.97. The van der Waals surface area contributed by atoms with Crippen molar-refractivity contribution in [2.24, 2.45) is 0 Å². The van der Waals surface area contributed by atoms with Crippen LogP contribution in [0.1, 0.15) is 37.4 Å². The Morgan fingerprint density at radius 3 is 3.23 bits per heavy atom. The molecule has 3 aromatic heterocycles. The summed E-state index contributed by atoms with van der Waals surface area (Å²) in [5, 5.41) is 6.21. The Morgan fingerprint density at radius 2 is 2.36 bits per heavy atom. The summed E-state index contributed by atoms with van der Waals surface area (Å²) in [7, 11) is 0. The molecule has 0 aliphatic carbocycles. The van der Waals surface area contributed by atoms with E-state index in [2.05, 4.69) is 30.4 Å². The quantitative estimate of drug-likeness (QED) is 0.740. The summed E-state index contributed by atoms with van der Waals surface area (Å²) in [6.45, 7) is 3.92. The molecule has 1 aliphatic rings. The van der Waals surface area contributed by atoms with Gasteiger partial charge in [-0.2, -0.15) is 4.98 Å². The van der Waals surface area contributed by atoms with Crippen molar-refractivity contribution in [2.45, 2.75) is 32.1 Å². The van der Waals surface area contributed by atoms with Gasteiger partial charge in [-0.1, -0.05) is 12.1 Å². The molecule has 4 heterocycles. The minimum atomic E-state index is 0.308. The highest BCUT2D eigenvalue weighted by Crippen LogP contribution is 2.33. The molecule has 1 saturated heterocycles. The van der Waals surface area contributed by atoms with Crippen molar-refractivity contribution in [3.8, 4) is 0 Å². The van der Waals surface area contributed by atoms with Crippen LogP contribution in [0.2, 0.25) is 0 Å². The van der Waals surface area contributed by atoms with Crippen molar-refractivity contribution >= 4 is 27.4 Å². The molecule has 0 spiro atoms. The van der Waals surface area contributed by atoms with Gasteiger partial charge in [0.15, 0.2) is 5.82 Å². The van der Waals surface area contributed by atoms with Crippen LogP contribution in [0.4, 0.5) is 5.82 Å². The average molecular weight is 315 g/mol. The summed E-state index contributed by atoms with van der Waals surface area (Å²) < 4.78 is 6.42. The molecule has 3 aromatic rings. The Kier molecular flexibility index (Phi) is 3.49. The van der Waals surface area contributed by atoms with Crippen molar-refractivity contribution < 1.29 is 4.52 Å². The van der Waals surface area contributed by atoms with Gasteiger partial charge in [0.25, 0.3) is 0 Å². The number of aromatic nitrogens is 4. The van der Waals surface area contributed by atoms with Gasteiger partial charge in [-0.05, 0) is 24.3 Å². The first-order valence-corrected chi connectivity index (χ1v) is 8.48. The SMILES string of the molecule is CCc1nc([C@H]2CCCN(c3ncnc4ccsc34)C2)no1. The predicted octanol–water partition coefficient (Wildman–Crippen LogP) is 3.02. The maximum absolute atomic E-state index is 5.26. The van der Waals surface area contributed by atoms with Crippen LogP contribution in [0.3, 0.4) is 0 Å². The lowest BCUT2D eigenvalue weighted by Crippen LogP contribution is -2.35. The molecular weight excluding hydrogens is 298 g/mol. The lowest BCUT2D eigenvalue weighted by Gasteiger charge is -2.32. The summed E-state index contributed by atoms with van der Waals surface area (Å²) in [5.41, 5.74) is 1.02. The summed E-state index contributed by atoms with van der Waals surface area (Å²) >= 11 is 1.70. The number of anilines is 1. The van der Waals surface area contributed by atoms with Gasteiger partial charge >= 0.3 is 0 Å². The van der Waals surface area contributed by atoms with Crippen molar-refractivity contribution in [2.75, 3.05) is 18.0 Å². The Labute approximate surface area is 132 Å². The van der Waals surface area contributed by atoms with Gasteiger partial charge < -0.3 is 9.42 Å². The van der Waals surface area contributed by atoms with E-state index in [1.807, 2.05) is 13.0 Å². The number of hydrogen-bond acceptors (Lipinski definition) is 7. The third kappa shape index (κ3) is 2.35. The molecule has 114 valence electrons. The molecule has 0 saturated carbocycles. The maximum Gasteiger partial charge on any atom is 0.226 e. The van der Waals surface area contributed by atoms with Gasteiger partial charge in [-0.25, -0.2) is 9.97 Å². The zero-order valence-electron chi connectivity index (χ0n) is 12.4. The van der Waals surface area contributed by atoms with Crippen molar-refractivity contribution in [1.29, 1.82) is 0 Å². The summed E-state index contributed by atoms with van der Waals surface area (Å²) in [6.07, 6.45) is 4.64. The van der Waals surface area contributed by atoms with Gasteiger partial charge in [-0.3, -0.25) is 0 Å². The van der Waals surface area contributed by atoms with Crippen molar-refractivity contribution in [1.82, 2.24) is 20.1 Å². The standard InChI is InChI=1S/C15H17N5OS/c1-2-12-18-14(19-21-12)10-4-3-6-20(8-10)15-13-11(5-7-22-13)16-9-17-15/h5,7,9-10H,2-4,6,8H2,1H3/t10-/m0/s1. The number of fused-ring (bicyclic) bond motifs is 1. The molecule has 6 nitrogen and oxygen atoms in total. The van der Waals surface area contributed by atoms with Crippen LogP contribution in [0, 0.1) is 0 Å². The lowest BCUT2D eigenvalue weighted by molar-refractivity contribution is 0.368. The summed E-state index contributed by atoms with van der Waals surface area (Å²) in [4.78, 5) is 15.7. The maximum atomic E-state index is 5.26. The molecule has 22 heavy (non-hydrogen) atoms. The van der Waals surface area contributed by atoms with Crippen molar-refractivity contribution in [3.05, 3.63) is 29.5 Å². The number of hydrogen-bond donors (Lipinski definition) is 0. The fraction of sp³-hybridized carbons (Fsp3) is 0.467. The van der Waals surface area contributed by atoms with Gasteiger partial charge in [0, 0.05) is 25.4 Å². The Balaban J connectivity index is 1.62. The molecule has 1 aliphatic heterocycles. The van der Waals surface area contributed by atoms with Gasteiger partial charge in [0.1, 0.15) is 12.1 Å². The minimum absolute atomic E-state index is 0.308. The van der Waals surface area contributed by atoms with Crippen LogP contribution in [-0.4, -0.2) is 33.2 Å². The molecule has 0 bridgehead atoms. The van der Waals surface area contributed by atoms with E-state index in [0.717, 1.165) is 60.1 Å². The van der Waals surface area contributed by atoms with Crippen LogP contribution < -0.4 is 4.90 Å². The largest absolute Gasteiger partial charge is 0.355 e. The highest BCUT2D eigenvalue weighted by Gasteiger charge is 2.27. The summed E-state index contributed by atoms with van der Waals surface area (Å²) in [6, 6.07) is 2.04. The smallest absolute Gasteiger partial charge is 0.226 e. The fourth-order valence-electron chi connectivity index (χ4n) is 2.96. The van der Waals surface area contributed by atoms with E-state index < -0.39 is 0 Å². The second-order valence-electron chi connectivity index (χ2n) is 5.52. The molecule has 1 atom stereocenters. The van der Waals surface area contributed by atoms with Crippen LogP contribution in [0.25, 0.3) is 10.2 Å². The molecule has 7 heteroatoms. The number of nitrogens with zero attached hydrogens (tertiary/aromatic N) is 5. The molecule has 1 fully saturated rings. The van der Waals surface area contributed by atoms with E-state index in [-0.39, 0.29) is 0 Å². The topological polar surface area (TPSA) is 67.9 Å². The first-order valence-electron chi connectivity index (χ1n) is 7.60. The predicted molar refractivity (Wildman–Crippen MR) is 85.3 cm³/mol. The number of thiophene rings is 1. The van der Waals surface area contributed by atoms with Crippen LogP contribution in [0.15, 0.2) is 22.3 Å². The first kappa shape index (κ1) is 13.6. The minimum Gasteiger partial charge on any atom is -0.355 e. The molecule has 0 N–H and O–H groups in total. The van der Waals surface area contributed by atoms with Gasteiger partial charge in [0.05, 0.1) is 10.2 Å². The van der Waals surface area contributed by atoms with E-state index in [1.54, 1.807) is 17.7 Å². The number of piperidine rings is 1. The first-order chi connectivity index (χ1) is 10.8. The molecule has 4 rings (SSSR count). The Hall–Kier alpha value is -2.02. The second kappa shape index (κ2) is 5.64. The second-order valence-corrected chi connectivity index (χ2v) is 6.43. The van der Waals surface area contributed by atoms with E-state index >= 15 is 0 Å². The number of aryl methyl sites for hydroxylation is 1. The van der Waals surface area contributed by atoms with E-state index in [9.17, 15) is 0 Å². The fourth-order valence-corrected chi connectivity index (χ4v) is 3.82. The van der Waals surface area contributed by atoms with E-state index in [0.29, 0.717) is 5.92 Å². The van der Waals surface area contributed by atoms with Crippen LogP contribution >= 0.6 is 11.3 Å². The third-order valence-corrected chi connectivity index (χ3v) is 5.00.